The van der Waals surface area contributed by atoms with Gasteiger partial charge in [-0.05, 0) is 47.9 Å². The van der Waals surface area contributed by atoms with Crippen molar-refractivity contribution in [2.24, 2.45) is 0 Å². The Bertz CT molecular complexity index is 1040. The van der Waals surface area contributed by atoms with Crippen LogP contribution in [0.2, 0.25) is 5.02 Å². The van der Waals surface area contributed by atoms with Crippen LogP contribution in [0.3, 0.4) is 0 Å². The van der Waals surface area contributed by atoms with Crippen molar-refractivity contribution in [1.29, 1.82) is 0 Å². The molecule has 1 atom stereocenters. The largest absolute Gasteiger partial charge is 0.484 e. The molecule has 0 heterocycles. The molecule has 0 saturated heterocycles. The Kier molecular flexibility index (Phi) is 8.28. The van der Waals surface area contributed by atoms with Gasteiger partial charge in [-0.2, -0.15) is 0 Å². The van der Waals surface area contributed by atoms with Crippen LogP contribution >= 0.6 is 11.6 Å². The van der Waals surface area contributed by atoms with Gasteiger partial charge in [-0.15, -0.1) is 0 Å². The van der Waals surface area contributed by atoms with Crippen LogP contribution in [0.25, 0.3) is 0 Å². The van der Waals surface area contributed by atoms with Crippen molar-refractivity contribution in [3.8, 4) is 5.75 Å². The Balaban J connectivity index is 1.86. The van der Waals surface area contributed by atoms with Crippen molar-refractivity contribution in [3.05, 3.63) is 101 Å². The number of halogens is 1. The summed E-state index contributed by atoms with van der Waals surface area (Å²) < 4.78 is 5.76. The van der Waals surface area contributed by atoms with Gasteiger partial charge in [0.1, 0.15) is 11.8 Å². The van der Waals surface area contributed by atoms with E-state index in [1.807, 2.05) is 73.7 Å². The molecule has 0 aliphatic heterocycles. The highest BCUT2D eigenvalue weighted by molar-refractivity contribution is 6.30. The topological polar surface area (TPSA) is 58.6 Å². The van der Waals surface area contributed by atoms with E-state index in [2.05, 4.69) is 5.32 Å². The fourth-order valence-corrected chi connectivity index (χ4v) is 3.57. The maximum absolute atomic E-state index is 13.3. The minimum atomic E-state index is -0.688. The third kappa shape index (κ3) is 6.59. The van der Waals surface area contributed by atoms with E-state index in [4.69, 9.17) is 16.3 Å². The van der Waals surface area contributed by atoms with Gasteiger partial charge in [-0.1, -0.05) is 66.2 Å². The number of nitrogens with zero attached hydrogens (tertiary/aromatic N) is 1. The Hall–Kier alpha value is -3.31. The first-order valence-electron chi connectivity index (χ1n) is 10.4. The molecule has 32 heavy (non-hydrogen) atoms. The minimum Gasteiger partial charge on any atom is -0.484 e. The van der Waals surface area contributed by atoms with Crippen LogP contribution in [-0.4, -0.2) is 36.4 Å². The molecule has 1 N–H and O–H groups in total. The Morgan fingerprint density at radius 3 is 2.34 bits per heavy atom. The molecule has 166 valence electrons. The van der Waals surface area contributed by atoms with Gasteiger partial charge in [0, 0.05) is 25.0 Å². The van der Waals surface area contributed by atoms with E-state index in [1.54, 1.807) is 24.1 Å². The Labute approximate surface area is 194 Å². The number of aryl methyl sites for hydroxylation is 1. The van der Waals surface area contributed by atoms with Crippen molar-refractivity contribution < 1.29 is 14.3 Å². The quantitative estimate of drug-likeness (QED) is 0.525. The third-order valence-corrected chi connectivity index (χ3v) is 5.39. The summed E-state index contributed by atoms with van der Waals surface area (Å²) in [6.07, 6.45) is 0.393. The molecule has 0 saturated carbocycles. The summed E-state index contributed by atoms with van der Waals surface area (Å²) in [6.45, 7) is 2.06. The van der Waals surface area contributed by atoms with Gasteiger partial charge >= 0.3 is 0 Å². The van der Waals surface area contributed by atoms with E-state index in [1.165, 1.54) is 0 Å². The summed E-state index contributed by atoms with van der Waals surface area (Å²) in [5, 5.41) is 3.31. The number of rotatable bonds is 9. The summed E-state index contributed by atoms with van der Waals surface area (Å²) in [7, 11) is 1.58. The Morgan fingerprint density at radius 2 is 1.69 bits per heavy atom. The number of likely N-dealkylation sites (N-methyl/N-ethyl adjacent to an activating group) is 1. The van der Waals surface area contributed by atoms with Crippen LogP contribution in [0.4, 0.5) is 0 Å². The van der Waals surface area contributed by atoms with E-state index in [0.29, 0.717) is 17.2 Å². The second kappa shape index (κ2) is 11.3. The average Bonchev–Trinajstić information content (AvgIpc) is 2.81. The second-order valence-corrected chi connectivity index (χ2v) is 8.01. The lowest BCUT2D eigenvalue weighted by molar-refractivity contribution is -0.142. The average molecular weight is 451 g/mol. The third-order valence-electron chi connectivity index (χ3n) is 5.14. The zero-order chi connectivity index (χ0) is 22.9. The second-order valence-electron chi connectivity index (χ2n) is 7.57. The van der Waals surface area contributed by atoms with Gasteiger partial charge in [-0.3, -0.25) is 9.59 Å². The summed E-state index contributed by atoms with van der Waals surface area (Å²) >= 11 is 6.02. The Morgan fingerprint density at radius 1 is 0.969 bits per heavy atom. The molecule has 0 aliphatic rings. The lowest BCUT2D eigenvalue weighted by Crippen LogP contribution is -2.51. The number of nitrogens with one attached hydrogen (secondary N) is 1. The summed E-state index contributed by atoms with van der Waals surface area (Å²) in [4.78, 5) is 27.8. The van der Waals surface area contributed by atoms with Crippen LogP contribution in [0, 0.1) is 6.92 Å². The highest BCUT2D eigenvalue weighted by Crippen LogP contribution is 2.18. The maximum Gasteiger partial charge on any atom is 0.261 e. The zero-order valence-electron chi connectivity index (χ0n) is 18.3. The van der Waals surface area contributed by atoms with Crippen molar-refractivity contribution in [3.63, 3.8) is 0 Å². The van der Waals surface area contributed by atoms with Crippen molar-refractivity contribution in [2.45, 2.75) is 25.9 Å². The van der Waals surface area contributed by atoms with Crippen LogP contribution in [0.1, 0.15) is 16.7 Å². The van der Waals surface area contributed by atoms with Crippen LogP contribution in [0.15, 0.2) is 78.9 Å². The van der Waals surface area contributed by atoms with Gasteiger partial charge in [0.25, 0.3) is 5.91 Å². The minimum absolute atomic E-state index is 0.167. The van der Waals surface area contributed by atoms with E-state index in [0.717, 1.165) is 16.7 Å². The SMILES string of the molecule is CNC(=O)C(Cc1ccccc1)N(Cc1ccc(Cl)cc1)C(=O)COc1cccc(C)c1. The zero-order valence-corrected chi connectivity index (χ0v) is 19.0. The first kappa shape index (κ1) is 23.4. The van der Waals surface area contributed by atoms with E-state index >= 15 is 0 Å². The van der Waals surface area contributed by atoms with E-state index < -0.39 is 6.04 Å². The molecule has 3 rings (SSSR count). The first-order chi connectivity index (χ1) is 15.5. The first-order valence-corrected chi connectivity index (χ1v) is 10.8. The van der Waals surface area contributed by atoms with Crippen molar-refractivity contribution in [2.75, 3.05) is 13.7 Å². The van der Waals surface area contributed by atoms with Crippen LogP contribution < -0.4 is 10.1 Å². The molecule has 3 aromatic rings. The molecule has 0 radical (unpaired) electrons. The molecule has 0 bridgehead atoms. The fraction of sp³-hybridized carbons (Fsp3) is 0.231. The lowest BCUT2D eigenvalue weighted by atomic mass is 10.0. The number of carbonyl (C=O) groups is 2. The van der Waals surface area contributed by atoms with Crippen molar-refractivity contribution in [1.82, 2.24) is 10.2 Å². The van der Waals surface area contributed by atoms with Crippen LogP contribution in [0.5, 0.6) is 5.75 Å². The summed E-state index contributed by atoms with van der Waals surface area (Å²) in [5.41, 5.74) is 2.88. The molecular weight excluding hydrogens is 424 g/mol. The predicted octanol–water partition coefficient (Wildman–Crippen LogP) is 4.41. The van der Waals surface area contributed by atoms with Gasteiger partial charge in [0.05, 0.1) is 0 Å². The molecule has 0 fully saturated rings. The van der Waals surface area contributed by atoms with Gasteiger partial charge in [-0.25, -0.2) is 0 Å². The fourth-order valence-electron chi connectivity index (χ4n) is 3.44. The smallest absolute Gasteiger partial charge is 0.261 e. The molecule has 6 heteroatoms. The van der Waals surface area contributed by atoms with Gasteiger partial charge in [0.2, 0.25) is 5.91 Å². The predicted molar refractivity (Wildman–Crippen MR) is 127 cm³/mol. The van der Waals surface area contributed by atoms with E-state index in [-0.39, 0.29) is 25.0 Å². The number of hydrogen-bond donors (Lipinski definition) is 1. The lowest BCUT2D eigenvalue weighted by Gasteiger charge is -2.31. The molecule has 0 aromatic heterocycles. The highest BCUT2D eigenvalue weighted by atomic mass is 35.5. The molecule has 1 unspecified atom stereocenters. The monoisotopic (exact) mass is 450 g/mol. The van der Waals surface area contributed by atoms with E-state index in [9.17, 15) is 9.59 Å². The molecule has 0 spiro atoms. The van der Waals surface area contributed by atoms with Crippen LogP contribution in [-0.2, 0) is 22.6 Å². The molecule has 2 amide bonds. The molecule has 0 aliphatic carbocycles. The number of amides is 2. The van der Waals surface area contributed by atoms with Gasteiger partial charge < -0.3 is 15.0 Å². The summed E-state index contributed by atoms with van der Waals surface area (Å²) in [6, 6.07) is 23.7. The molecule has 5 nitrogen and oxygen atoms in total. The number of hydrogen-bond acceptors (Lipinski definition) is 3. The normalized spacial score (nSPS) is 11.5. The highest BCUT2D eigenvalue weighted by Gasteiger charge is 2.30. The number of ether oxygens (including phenoxy) is 1. The molecular formula is C26H27ClN2O3. The van der Waals surface area contributed by atoms with Crippen molar-refractivity contribution >= 4 is 23.4 Å². The molecule has 3 aromatic carbocycles. The maximum atomic E-state index is 13.3. The standard InChI is InChI=1S/C26H27ClN2O3/c1-19-7-6-10-23(15-19)32-18-25(30)29(17-21-11-13-22(27)14-12-21)24(26(31)28-2)16-20-8-4-3-5-9-20/h3-15,24H,16-18H2,1-2H3,(H,28,31). The summed E-state index contributed by atoms with van der Waals surface area (Å²) in [5.74, 6) is 0.113. The number of carbonyl (C=O) groups excluding carboxylic acids is 2. The number of benzene rings is 3. The van der Waals surface area contributed by atoms with Gasteiger partial charge in [0.15, 0.2) is 6.61 Å².